The predicted molar refractivity (Wildman–Crippen MR) is 120 cm³/mol. The summed E-state index contributed by atoms with van der Waals surface area (Å²) in [6, 6.07) is 11.4. The van der Waals surface area contributed by atoms with Crippen molar-refractivity contribution in [2.24, 2.45) is 0 Å². The number of carbonyl (C=O) groups is 1. The molecule has 0 bridgehead atoms. The lowest BCUT2D eigenvalue weighted by Gasteiger charge is -2.26. The Morgan fingerprint density at radius 2 is 2.00 bits per heavy atom. The fourth-order valence-corrected chi connectivity index (χ4v) is 4.36. The number of ether oxygens (including phenoxy) is 3. The van der Waals surface area contributed by atoms with Crippen LogP contribution in [0.25, 0.3) is 10.9 Å². The number of morpholine rings is 1. The molecule has 3 aromatic rings. The smallest absolute Gasteiger partial charge is 0.238 e. The van der Waals surface area contributed by atoms with Crippen LogP contribution in [0.2, 0.25) is 0 Å². The molecule has 1 fully saturated rings. The van der Waals surface area contributed by atoms with Gasteiger partial charge >= 0.3 is 0 Å². The molecule has 3 heterocycles. The second-order valence-corrected chi connectivity index (χ2v) is 7.94. The molecule has 8 nitrogen and oxygen atoms in total. The zero-order chi connectivity index (χ0) is 21.9. The van der Waals surface area contributed by atoms with E-state index in [-0.39, 0.29) is 5.91 Å². The molecule has 1 aromatic heterocycles. The van der Waals surface area contributed by atoms with E-state index < -0.39 is 5.92 Å². The second-order valence-electron chi connectivity index (χ2n) is 7.94. The van der Waals surface area contributed by atoms with Crippen molar-refractivity contribution in [3.8, 4) is 11.5 Å². The molecule has 0 spiro atoms. The van der Waals surface area contributed by atoms with Gasteiger partial charge < -0.3 is 19.5 Å². The largest absolute Gasteiger partial charge is 0.493 e. The highest BCUT2D eigenvalue weighted by atomic mass is 16.5. The number of hydrogen-bond acceptors (Lipinski definition) is 7. The number of aromatic nitrogens is 2. The van der Waals surface area contributed by atoms with Crippen LogP contribution in [0.15, 0.2) is 42.7 Å². The number of amides is 1. The maximum atomic E-state index is 12.8. The van der Waals surface area contributed by atoms with Gasteiger partial charge in [-0.2, -0.15) is 0 Å². The number of hydrogen-bond donors (Lipinski definition) is 1. The van der Waals surface area contributed by atoms with E-state index in [1.54, 1.807) is 7.11 Å². The summed E-state index contributed by atoms with van der Waals surface area (Å²) >= 11 is 0. The fraction of sp³-hybridized carbons (Fsp3) is 0.375. The van der Waals surface area contributed by atoms with Crippen molar-refractivity contribution >= 4 is 22.5 Å². The Morgan fingerprint density at radius 1 is 1.16 bits per heavy atom. The molecule has 2 aromatic carbocycles. The van der Waals surface area contributed by atoms with Crippen LogP contribution in [0.4, 0.5) is 5.69 Å². The van der Waals surface area contributed by atoms with Crippen LogP contribution >= 0.6 is 0 Å². The lowest BCUT2D eigenvalue weighted by Crippen LogP contribution is -2.37. The minimum atomic E-state index is -0.487. The van der Waals surface area contributed by atoms with Crippen LogP contribution in [0.5, 0.6) is 11.5 Å². The molecule has 0 aliphatic carbocycles. The van der Waals surface area contributed by atoms with Crippen molar-refractivity contribution in [1.29, 1.82) is 0 Å². The molecule has 1 saturated heterocycles. The molecular formula is C24H26N4O4. The van der Waals surface area contributed by atoms with E-state index in [9.17, 15) is 4.79 Å². The van der Waals surface area contributed by atoms with E-state index in [0.717, 1.165) is 55.9 Å². The summed E-state index contributed by atoms with van der Waals surface area (Å²) in [5.74, 6) is 0.670. The van der Waals surface area contributed by atoms with Crippen molar-refractivity contribution in [2.75, 3.05) is 51.9 Å². The number of para-hydroxylation sites is 1. The van der Waals surface area contributed by atoms with Gasteiger partial charge in [0.25, 0.3) is 0 Å². The lowest BCUT2D eigenvalue weighted by atomic mass is 9.94. The maximum absolute atomic E-state index is 12.8. The number of nitrogens with zero attached hydrogens (tertiary/aromatic N) is 3. The molecule has 1 N–H and O–H groups in total. The molecule has 2 aliphatic heterocycles. The van der Waals surface area contributed by atoms with Gasteiger partial charge in [-0.15, -0.1) is 0 Å². The van der Waals surface area contributed by atoms with Crippen molar-refractivity contribution < 1.29 is 19.0 Å². The number of benzene rings is 2. The summed E-state index contributed by atoms with van der Waals surface area (Å²) < 4.78 is 17.1. The lowest BCUT2D eigenvalue weighted by molar-refractivity contribution is -0.116. The molecule has 0 radical (unpaired) electrons. The molecule has 5 rings (SSSR count). The van der Waals surface area contributed by atoms with Gasteiger partial charge in [-0.05, 0) is 24.1 Å². The zero-order valence-corrected chi connectivity index (χ0v) is 18.0. The molecule has 32 heavy (non-hydrogen) atoms. The molecule has 1 atom stereocenters. The molecule has 8 heteroatoms. The van der Waals surface area contributed by atoms with Gasteiger partial charge in [-0.3, -0.25) is 9.69 Å². The predicted octanol–water partition coefficient (Wildman–Crippen LogP) is 2.82. The van der Waals surface area contributed by atoms with E-state index >= 15 is 0 Å². The summed E-state index contributed by atoms with van der Waals surface area (Å²) in [7, 11) is 1.62. The summed E-state index contributed by atoms with van der Waals surface area (Å²) in [5.41, 5.74) is 3.12. The van der Waals surface area contributed by atoms with Crippen LogP contribution in [0.3, 0.4) is 0 Å². The Morgan fingerprint density at radius 3 is 2.84 bits per heavy atom. The number of anilines is 1. The highest BCUT2D eigenvalue weighted by Crippen LogP contribution is 2.40. The standard InChI is InChI=1S/C24H26N4O4/c1-30-20-14-19-17(13-21(20)32-10-4-7-28-8-11-31-12-9-28)23(26-15-25-19)22-16-5-2-3-6-18(16)27-24(22)29/h2-3,5-6,13-15,22H,4,7-12H2,1H3,(H,27,29). The summed E-state index contributed by atoms with van der Waals surface area (Å²) in [6.45, 7) is 5.04. The molecule has 2 aliphatic rings. The van der Waals surface area contributed by atoms with Crippen molar-refractivity contribution in [3.63, 3.8) is 0 Å². The Bertz CT molecular complexity index is 1130. The summed E-state index contributed by atoms with van der Waals surface area (Å²) in [4.78, 5) is 24.1. The number of rotatable bonds is 7. The Labute approximate surface area is 186 Å². The highest BCUT2D eigenvalue weighted by molar-refractivity contribution is 6.06. The van der Waals surface area contributed by atoms with Crippen LogP contribution in [0.1, 0.15) is 23.6 Å². The average Bonchev–Trinajstić information content (AvgIpc) is 3.17. The van der Waals surface area contributed by atoms with Gasteiger partial charge in [0.1, 0.15) is 12.2 Å². The van der Waals surface area contributed by atoms with Crippen LogP contribution in [-0.2, 0) is 9.53 Å². The zero-order valence-electron chi connectivity index (χ0n) is 18.0. The van der Waals surface area contributed by atoms with Crippen LogP contribution in [-0.4, -0.2) is 67.3 Å². The molecule has 166 valence electrons. The van der Waals surface area contributed by atoms with Gasteiger partial charge in [0.2, 0.25) is 5.91 Å². The van der Waals surface area contributed by atoms with E-state index in [2.05, 4.69) is 20.2 Å². The molecule has 1 amide bonds. The normalized spacial score (nSPS) is 18.4. The first-order chi connectivity index (χ1) is 15.7. The summed E-state index contributed by atoms with van der Waals surface area (Å²) in [6.07, 6.45) is 2.39. The van der Waals surface area contributed by atoms with E-state index in [0.29, 0.717) is 29.3 Å². The van der Waals surface area contributed by atoms with Gasteiger partial charge in [0.05, 0.1) is 38.1 Å². The van der Waals surface area contributed by atoms with Crippen LogP contribution in [0, 0.1) is 0 Å². The topological polar surface area (TPSA) is 85.8 Å². The average molecular weight is 434 g/mol. The third-order valence-corrected chi connectivity index (χ3v) is 6.00. The Hall–Kier alpha value is -3.23. The van der Waals surface area contributed by atoms with Crippen LogP contribution < -0.4 is 14.8 Å². The third kappa shape index (κ3) is 3.99. The number of nitrogens with one attached hydrogen (secondary N) is 1. The first-order valence-corrected chi connectivity index (χ1v) is 10.9. The minimum Gasteiger partial charge on any atom is -0.493 e. The number of carbonyl (C=O) groups excluding carboxylic acids is 1. The molecular weight excluding hydrogens is 408 g/mol. The molecule has 0 saturated carbocycles. The minimum absolute atomic E-state index is 0.0880. The first kappa shape index (κ1) is 20.7. The Balaban J connectivity index is 1.41. The van der Waals surface area contributed by atoms with Crippen molar-refractivity contribution in [1.82, 2.24) is 14.9 Å². The van der Waals surface area contributed by atoms with E-state index in [4.69, 9.17) is 14.2 Å². The number of methoxy groups -OCH3 is 1. The fourth-order valence-electron chi connectivity index (χ4n) is 4.36. The highest BCUT2D eigenvalue weighted by Gasteiger charge is 2.34. The summed E-state index contributed by atoms with van der Waals surface area (Å²) in [5, 5.41) is 3.74. The van der Waals surface area contributed by atoms with E-state index in [1.165, 1.54) is 6.33 Å². The SMILES string of the molecule is COc1cc2ncnc(C3C(=O)Nc4ccccc43)c2cc1OCCCN1CCOCC1. The number of fused-ring (bicyclic) bond motifs is 2. The van der Waals surface area contributed by atoms with Crippen molar-refractivity contribution in [2.45, 2.75) is 12.3 Å². The monoisotopic (exact) mass is 434 g/mol. The maximum Gasteiger partial charge on any atom is 0.238 e. The van der Waals surface area contributed by atoms with Gasteiger partial charge in [-0.1, -0.05) is 18.2 Å². The molecule has 1 unspecified atom stereocenters. The quantitative estimate of drug-likeness (QED) is 0.572. The van der Waals surface area contributed by atoms with Gasteiger partial charge in [0.15, 0.2) is 11.5 Å². The second kappa shape index (κ2) is 9.10. The van der Waals surface area contributed by atoms with E-state index in [1.807, 2.05) is 36.4 Å². The van der Waals surface area contributed by atoms with Gasteiger partial charge in [0, 0.05) is 36.8 Å². The Kier molecular flexibility index (Phi) is 5.87. The van der Waals surface area contributed by atoms with Gasteiger partial charge in [-0.25, -0.2) is 9.97 Å². The third-order valence-electron chi connectivity index (χ3n) is 6.00. The van der Waals surface area contributed by atoms with Crippen molar-refractivity contribution in [3.05, 3.63) is 54.0 Å². The first-order valence-electron chi connectivity index (χ1n) is 10.9.